The molecule has 5 nitrogen and oxygen atoms in total. The number of aromatic amines is 1. The quantitative estimate of drug-likeness (QED) is 0.364. The number of nitrogens with zero attached hydrogens (tertiary/aromatic N) is 1. The Bertz CT molecular complexity index is 1460. The highest BCUT2D eigenvalue weighted by molar-refractivity contribution is 7.13. The van der Waals surface area contributed by atoms with Gasteiger partial charge in [0.1, 0.15) is 0 Å². The first-order valence-electron chi connectivity index (χ1n) is 10.1. The van der Waals surface area contributed by atoms with Crippen LogP contribution in [0.1, 0.15) is 0 Å². The summed E-state index contributed by atoms with van der Waals surface area (Å²) in [5.74, 6) is 1.17. The Morgan fingerprint density at radius 3 is 2.28 bits per heavy atom. The van der Waals surface area contributed by atoms with E-state index in [4.69, 9.17) is 9.47 Å². The maximum absolute atomic E-state index is 13.3. The lowest BCUT2D eigenvalue weighted by molar-refractivity contribution is 0.356. The molecule has 0 saturated carbocycles. The molecule has 0 aliphatic carbocycles. The summed E-state index contributed by atoms with van der Waals surface area (Å²) < 4.78 is 11.0. The van der Waals surface area contributed by atoms with Gasteiger partial charge in [-0.15, -0.1) is 11.3 Å². The first kappa shape index (κ1) is 20.0. The molecule has 0 spiro atoms. The number of methoxy groups -OCH3 is 2. The van der Waals surface area contributed by atoms with E-state index in [0.717, 1.165) is 32.5 Å². The third kappa shape index (κ3) is 3.44. The Hall–Kier alpha value is -3.90. The van der Waals surface area contributed by atoms with Crippen molar-refractivity contribution < 1.29 is 9.47 Å². The highest BCUT2D eigenvalue weighted by Gasteiger charge is 2.19. The third-order valence-corrected chi connectivity index (χ3v) is 6.34. The monoisotopic (exact) mass is 440 g/mol. The zero-order chi connectivity index (χ0) is 22.1. The van der Waals surface area contributed by atoms with E-state index in [9.17, 15) is 4.79 Å². The van der Waals surface area contributed by atoms with Gasteiger partial charge >= 0.3 is 0 Å². The lowest BCUT2D eigenvalue weighted by atomic mass is 9.93. The molecule has 0 unspecified atom stereocenters. The molecular weight excluding hydrogens is 420 g/mol. The highest BCUT2D eigenvalue weighted by Crippen LogP contribution is 2.41. The van der Waals surface area contributed by atoms with Crippen molar-refractivity contribution in [1.29, 1.82) is 0 Å². The smallest absolute Gasteiger partial charge is 0.257 e. The Morgan fingerprint density at radius 1 is 0.812 bits per heavy atom. The number of nitrogens with one attached hydrogen (secondary N) is 1. The maximum Gasteiger partial charge on any atom is 0.257 e. The van der Waals surface area contributed by atoms with E-state index in [-0.39, 0.29) is 5.56 Å². The molecule has 1 N–H and O–H groups in total. The molecule has 158 valence electrons. The van der Waals surface area contributed by atoms with E-state index in [2.05, 4.69) is 22.1 Å². The molecule has 0 aliphatic rings. The van der Waals surface area contributed by atoms with Crippen LogP contribution in [0.3, 0.4) is 0 Å². The van der Waals surface area contributed by atoms with Gasteiger partial charge in [-0.25, -0.2) is 0 Å². The number of ether oxygens (including phenoxy) is 2. The van der Waals surface area contributed by atoms with Crippen LogP contribution in [0.25, 0.3) is 43.6 Å². The second-order valence-electron chi connectivity index (χ2n) is 7.25. The number of hydrogen-bond donors (Lipinski definition) is 1. The van der Waals surface area contributed by atoms with Gasteiger partial charge in [-0.05, 0) is 52.4 Å². The highest BCUT2D eigenvalue weighted by atomic mass is 32.1. The Balaban J connectivity index is 1.86. The average molecular weight is 441 g/mol. The van der Waals surface area contributed by atoms with Crippen LogP contribution in [0.2, 0.25) is 0 Å². The lowest BCUT2D eigenvalue weighted by Crippen LogP contribution is -2.11. The van der Waals surface area contributed by atoms with Crippen LogP contribution in [0.15, 0.2) is 83.2 Å². The summed E-state index contributed by atoms with van der Waals surface area (Å²) in [7, 11) is 3.19. The molecule has 0 bridgehead atoms. The fourth-order valence-corrected chi connectivity index (χ4v) is 4.75. The minimum Gasteiger partial charge on any atom is -0.493 e. The van der Waals surface area contributed by atoms with Crippen molar-refractivity contribution in [1.82, 2.24) is 9.97 Å². The summed E-state index contributed by atoms with van der Waals surface area (Å²) in [5, 5.41) is 2.86. The Labute approximate surface area is 188 Å². The first-order valence-corrected chi connectivity index (χ1v) is 10.9. The number of benzene rings is 2. The van der Waals surface area contributed by atoms with Crippen molar-refractivity contribution in [3.8, 4) is 44.2 Å². The number of rotatable bonds is 5. The number of aromatic nitrogens is 2. The maximum atomic E-state index is 13.3. The summed E-state index contributed by atoms with van der Waals surface area (Å²) in [5.41, 5.74) is 5.12. The summed E-state index contributed by atoms with van der Waals surface area (Å²) >= 11 is 1.54. The van der Waals surface area contributed by atoms with Crippen LogP contribution in [-0.4, -0.2) is 24.2 Å². The SMILES string of the molecule is COc1cc2[nH]c(=O)c(-c3cccs3)c(-c3cccc(-c4ccncc4)c3)c2cc1OC. The number of hydrogen-bond acceptors (Lipinski definition) is 5. The predicted octanol–water partition coefficient (Wildman–Crippen LogP) is 6.00. The standard InChI is InChI=1S/C26H20N2O3S/c1-30-21-14-19-20(15-22(21)31-2)28-26(29)25(23-7-4-12-32-23)24(19)18-6-3-5-17(13-18)16-8-10-27-11-9-16/h3-15H,1-2H3,(H,28,29). The van der Waals surface area contributed by atoms with Crippen molar-refractivity contribution >= 4 is 22.2 Å². The van der Waals surface area contributed by atoms with E-state index in [1.165, 1.54) is 0 Å². The summed E-state index contributed by atoms with van der Waals surface area (Å²) in [6.45, 7) is 0. The molecule has 0 aliphatic heterocycles. The van der Waals surface area contributed by atoms with E-state index in [1.807, 2.05) is 53.9 Å². The fourth-order valence-electron chi connectivity index (χ4n) is 3.98. The molecule has 32 heavy (non-hydrogen) atoms. The molecular formula is C26H20N2O3S. The Kier molecular flexibility index (Phi) is 5.21. The fraction of sp³-hybridized carbons (Fsp3) is 0.0769. The molecule has 5 rings (SSSR count). The Morgan fingerprint density at radius 2 is 1.56 bits per heavy atom. The van der Waals surface area contributed by atoms with Crippen molar-refractivity contribution in [3.63, 3.8) is 0 Å². The van der Waals surface area contributed by atoms with Gasteiger partial charge in [0.25, 0.3) is 5.56 Å². The number of fused-ring (bicyclic) bond motifs is 1. The van der Waals surface area contributed by atoms with Gasteiger partial charge in [0.05, 0.1) is 25.3 Å². The van der Waals surface area contributed by atoms with Gasteiger partial charge in [0.2, 0.25) is 0 Å². The molecule has 5 aromatic rings. The molecule has 0 amide bonds. The van der Waals surface area contributed by atoms with Crippen molar-refractivity contribution in [2.24, 2.45) is 0 Å². The average Bonchev–Trinajstić information content (AvgIpc) is 3.37. The molecule has 3 heterocycles. The minimum absolute atomic E-state index is 0.142. The van der Waals surface area contributed by atoms with Gasteiger partial charge in [-0.3, -0.25) is 9.78 Å². The summed E-state index contributed by atoms with van der Waals surface area (Å²) in [6, 6.07) is 19.8. The van der Waals surface area contributed by atoms with Crippen molar-refractivity contribution in [2.75, 3.05) is 14.2 Å². The van der Waals surface area contributed by atoms with Crippen molar-refractivity contribution in [3.05, 3.63) is 88.8 Å². The first-order chi connectivity index (χ1) is 15.7. The van der Waals surface area contributed by atoms with Gasteiger partial charge in [-0.2, -0.15) is 0 Å². The number of pyridine rings is 2. The molecule has 2 aromatic carbocycles. The zero-order valence-electron chi connectivity index (χ0n) is 17.6. The topological polar surface area (TPSA) is 64.2 Å². The largest absolute Gasteiger partial charge is 0.493 e. The molecule has 6 heteroatoms. The lowest BCUT2D eigenvalue weighted by Gasteiger charge is -2.16. The van der Waals surface area contributed by atoms with Crippen LogP contribution < -0.4 is 15.0 Å². The van der Waals surface area contributed by atoms with Crippen LogP contribution in [-0.2, 0) is 0 Å². The zero-order valence-corrected chi connectivity index (χ0v) is 18.4. The van der Waals surface area contributed by atoms with E-state index < -0.39 is 0 Å². The van der Waals surface area contributed by atoms with Gasteiger partial charge < -0.3 is 14.5 Å². The molecule has 0 atom stereocenters. The van der Waals surface area contributed by atoms with Crippen LogP contribution >= 0.6 is 11.3 Å². The van der Waals surface area contributed by atoms with Crippen molar-refractivity contribution in [2.45, 2.75) is 0 Å². The second kappa shape index (κ2) is 8.32. The molecule has 0 fully saturated rings. The normalized spacial score (nSPS) is 10.9. The van der Waals surface area contributed by atoms with Crippen LogP contribution in [0.5, 0.6) is 11.5 Å². The molecule has 0 saturated heterocycles. The second-order valence-corrected chi connectivity index (χ2v) is 8.20. The molecule has 0 radical (unpaired) electrons. The van der Waals surface area contributed by atoms with E-state index in [1.54, 1.807) is 38.0 Å². The third-order valence-electron chi connectivity index (χ3n) is 5.45. The van der Waals surface area contributed by atoms with Crippen LogP contribution in [0, 0.1) is 0 Å². The minimum atomic E-state index is -0.142. The van der Waals surface area contributed by atoms with E-state index in [0.29, 0.717) is 22.6 Å². The van der Waals surface area contributed by atoms with E-state index >= 15 is 0 Å². The van der Waals surface area contributed by atoms with Crippen LogP contribution in [0.4, 0.5) is 0 Å². The summed E-state index contributed by atoms with van der Waals surface area (Å²) in [4.78, 5) is 21.4. The number of thiophene rings is 1. The summed E-state index contributed by atoms with van der Waals surface area (Å²) in [6.07, 6.45) is 3.55. The van der Waals surface area contributed by atoms with Gasteiger partial charge in [-0.1, -0.05) is 24.3 Å². The molecule has 3 aromatic heterocycles. The number of H-pyrrole nitrogens is 1. The van der Waals surface area contributed by atoms with Gasteiger partial charge in [0, 0.05) is 34.3 Å². The van der Waals surface area contributed by atoms with Gasteiger partial charge in [0.15, 0.2) is 11.5 Å². The predicted molar refractivity (Wildman–Crippen MR) is 130 cm³/mol.